The van der Waals surface area contributed by atoms with E-state index in [1.807, 2.05) is 0 Å². The number of nitriles is 1. The highest BCUT2D eigenvalue weighted by Gasteiger charge is 2.26. The Morgan fingerprint density at radius 2 is 2.12 bits per heavy atom. The molecule has 16 heavy (non-hydrogen) atoms. The zero-order valence-electron chi connectivity index (χ0n) is 7.87. The molecule has 1 rings (SSSR count). The molecule has 0 aliphatic carbocycles. The van der Waals surface area contributed by atoms with Crippen LogP contribution in [0.25, 0.3) is 0 Å². The van der Waals surface area contributed by atoms with Gasteiger partial charge in [-0.2, -0.15) is 5.26 Å². The maximum absolute atomic E-state index is 12.8. The van der Waals surface area contributed by atoms with Gasteiger partial charge in [0.05, 0.1) is 16.6 Å². The lowest BCUT2D eigenvalue weighted by Gasteiger charge is -2.11. The van der Waals surface area contributed by atoms with Crippen molar-refractivity contribution >= 4 is 5.69 Å². The van der Waals surface area contributed by atoms with Crippen LogP contribution in [0.1, 0.15) is 11.7 Å². The summed E-state index contributed by atoms with van der Waals surface area (Å²) in [5, 5.41) is 37.3. The lowest BCUT2D eigenvalue weighted by atomic mass is 10.0. The van der Waals surface area contributed by atoms with Crippen LogP contribution >= 0.6 is 0 Å². The Morgan fingerprint density at radius 1 is 1.50 bits per heavy atom. The van der Waals surface area contributed by atoms with E-state index in [0.717, 1.165) is 12.1 Å². The monoisotopic (exact) mass is 226 g/mol. The second kappa shape index (κ2) is 4.65. The Hall–Kier alpha value is -2.04. The van der Waals surface area contributed by atoms with Gasteiger partial charge in [0.2, 0.25) is 0 Å². The molecular formula is C9H7FN2O4. The summed E-state index contributed by atoms with van der Waals surface area (Å²) in [4.78, 5) is 9.72. The first kappa shape index (κ1) is 12.0. The highest BCUT2D eigenvalue weighted by Crippen LogP contribution is 2.27. The van der Waals surface area contributed by atoms with Crippen molar-refractivity contribution in [2.45, 2.75) is 12.2 Å². The molecule has 0 aliphatic heterocycles. The van der Waals surface area contributed by atoms with Gasteiger partial charge in [-0.3, -0.25) is 10.1 Å². The van der Waals surface area contributed by atoms with Gasteiger partial charge in [-0.25, -0.2) is 4.39 Å². The Balaban J connectivity index is 3.25. The molecule has 0 fully saturated rings. The van der Waals surface area contributed by atoms with Crippen LogP contribution in [-0.2, 0) is 0 Å². The number of hydrogen-bond donors (Lipinski definition) is 2. The van der Waals surface area contributed by atoms with Crippen LogP contribution < -0.4 is 0 Å². The van der Waals surface area contributed by atoms with E-state index in [-0.39, 0.29) is 0 Å². The highest BCUT2D eigenvalue weighted by atomic mass is 19.1. The number of benzene rings is 1. The lowest BCUT2D eigenvalue weighted by molar-refractivity contribution is -0.386. The molecule has 7 heteroatoms. The summed E-state index contributed by atoms with van der Waals surface area (Å²) in [6.45, 7) is 0. The van der Waals surface area contributed by atoms with E-state index in [4.69, 9.17) is 10.4 Å². The van der Waals surface area contributed by atoms with Crippen molar-refractivity contribution in [3.63, 3.8) is 0 Å². The Labute approximate surface area is 89.3 Å². The topological polar surface area (TPSA) is 107 Å². The smallest absolute Gasteiger partial charge is 0.275 e. The molecule has 0 amide bonds. The van der Waals surface area contributed by atoms with Crippen LogP contribution in [0.3, 0.4) is 0 Å². The van der Waals surface area contributed by atoms with Gasteiger partial charge in [-0.15, -0.1) is 0 Å². The predicted molar refractivity (Wildman–Crippen MR) is 49.6 cm³/mol. The van der Waals surface area contributed by atoms with Crippen molar-refractivity contribution in [2.75, 3.05) is 0 Å². The molecule has 1 aromatic rings. The molecule has 0 spiro atoms. The van der Waals surface area contributed by atoms with Gasteiger partial charge < -0.3 is 10.2 Å². The first-order chi connectivity index (χ1) is 7.47. The third-order valence-corrected chi connectivity index (χ3v) is 1.94. The molecule has 84 valence electrons. The van der Waals surface area contributed by atoms with E-state index in [1.54, 1.807) is 0 Å². The van der Waals surface area contributed by atoms with E-state index in [0.29, 0.717) is 6.07 Å². The molecule has 0 aromatic heterocycles. The summed E-state index contributed by atoms with van der Waals surface area (Å²) in [5.41, 5.74) is -0.984. The van der Waals surface area contributed by atoms with Gasteiger partial charge >= 0.3 is 0 Å². The molecular weight excluding hydrogens is 219 g/mol. The molecule has 2 N–H and O–H groups in total. The first-order valence-corrected chi connectivity index (χ1v) is 4.17. The highest BCUT2D eigenvalue weighted by molar-refractivity contribution is 5.42. The largest absolute Gasteiger partial charge is 0.384 e. The number of aliphatic hydroxyl groups excluding tert-OH is 2. The zero-order chi connectivity index (χ0) is 12.3. The quantitative estimate of drug-likeness (QED) is 0.447. The normalized spacial score (nSPS) is 13.9. The van der Waals surface area contributed by atoms with Crippen LogP contribution in [0.15, 0.2) is 18.2 Å². The van der Waals surface area contributed by atoms with Gasteiger partial charge in [-0.1, -0.05) is 0 Å². The fourth-order valence-corrected chi connectivity index (χ4v) is 1.17. The number of nitrogens with zero attached hydrogens (tertiary/aromatic N) is 2. The minimum absolute atomic E-state index is 0.431. The van der Waals surface area contributed by atoms with Gasteiger partial charge in [0.1, 0.15) is 11.9 Å². The molecule has 0 heterocycles. The Kier molecular flexibility index (Phi) is 3.50. The average molecular weight is 226 g/mol. The van der Waals surface area contributed by atoms with Gasteiger partial charge in [0.15, 0.2) is 6.10 Å². The van der Waals surface area contributed by atoms with Crippen LogP contribution in [-0.4, -0.2) is 21.2 Å². The molecule has 0 aliphatic rings. The summed E-state index contributed by atoms with van der Waals surface area (Å²) >= 11 is 0. The van der Waals surface area contributed by atoms with Crippen molar-refractivity contribution in [2.24, 2.45) is 0 Å². The molecule has 0 radical (unpaired) electrons. The van der Waals surface area contributed by atoms with Crippen LogP contribution in [0, 0.1) is 27.3 Å². The summed E-state index contributed by atoms with van der Waals surface area (Å²) in [6.07, 6.45) is -3.67. The van der Waals surface area contributed by atoms with E-state index >= 15 is 0 Å². The zero-order valence-corrected chi connectivity index (χ0v) is 7.87. The molecule has 0 saturated carbocycles. The molecule has 2 unspecified atom stereocenters. The van der Waals surface area contributed by atoms with Crippen LogP contribution in [0.5, 0.6) is 0 Å². The number of nitro benzene ring substituents is 1. The molecule has 2 atom stereocenters. The maximum Gasteiger partial charge on any atom is 0.275 e. The van der Waals surface area contributed by atoms with Crippen molar-refractivity contribution in [1.29, 1.82) is 5.26 Å². The summed E-state index contributed by atoms with van der Waals surface area (Å²) in [7, 11) is 0. The number of hydrogen-bond acceptors (Lipinski definition) is 5. The van der Waals surface area contributed by atoms with Gasteiger partial charge in [-0.05, 0) is 12.1 Å². The van der Waals surface area contributed by atoms with E-state index in [9.17, 15) is 19.6 Å². The SMILES string of the molecule is N#CC(O)C(O)c1cc(F)ccc1[N+](=O)[O-]. The summed E-state index contributed by atoms with van der Waals surface area (Å²) < 4.78 is 12.8. The average Bonchev–Trinajstić information content (AvgIpc) is 2.26. The molecule has 6 nitrogen and oxygen atoms in total. The third kappa shape index (κ3) is 2.31. The summed E-state index contributed by atoms with van der Waals surface area (Å²) in [6, 6.07) is 3.73. The lowest BCUT2D eigenvalue weighted by Crippen LogP contribution is -2.17. The van der Waals surface area contributed by atoms with Crippen molar-refractivity contribution in [1.82, 2.24) is 0 Å². The molecule has 1 aromatic carbocycles. The first-order valence-electron chi connectivity index (χ1n) is 4.17. The Bertz CT molecular complexity index is 457. The predicted octanol–water partition coefficient (Wildman–Crippen LogP) is 0.652. The van der Waals surface area contributed by atoms with Crippen molar-refractivity contribution in [3.8, 4) is 6.07 Å². The van der Waals surface area contributed by atoms with Crippen LogP contribution in [0.2, 0.25) is 0 Å². The second-order valence-corrected chi connectivity index (χ2v) is 2.98. The fraction of sp³-hybridized carbons (Fsp3) is 0.222. The maximum atomic E-state index is 12.8. The standard InChI is InChI=1S/C9H7FN2O4/c10-5-1-2-7(12(15)16)6(3-5)9(14)8(13)4-11/h1-3,8-9,13-14H. The molecule has 0 bridgehead atoms. The van der Waals surface area contributed by atoms with E-state index < -0.39 is 34.2 Å². The fourth-order valence-electron chi connectivity index (χ4n) is 1.17. The minimum Gasteiger partial charge on any atom is -0.384 e. The van der Waals surface area contributed by atoms with E-state index in [1.165, 1.54) is 6.07 Å². The number of aliphatic hydroxyl groups is 2. The second-order valence-electron chi connectivity index (χ2n) is 2.98. The number of rotatable bonds is 3. The van der Waals surface area contributed by atoms with Gasteiger partial charge in [0, 0.05) is 6.07 Å². The third-order valence-electron chi connectivity index (χ3n) is 1.94. The van der Waals surface area contributed by atoms with E-state index in [2.05, 4.69) is 0 Å². The number of halogens is 1. The summed E-state index contributed by atoms with van der Waals surface area (Å²) in [5.74, 6) is -0.801. The molecule has 0 saturated heterocycles. The Morgan fingerprint density at radius 3 is 2.62 bits per heavy atom. The van der Waals surface area contributed by atoms with Crippen molar-refractivity contribution < 1.29 is 19.5 Å². The number of nitro groups is 1. The van der Waals surface area contributed by atoms with Crippen LogP contribution in [0.4, 0.5) is 10.1 Å². The van der Waals surface area contributed by atoms with Gasteiger partial charge in [0.25, 0.3) is 5.69 Å². The minimum atomic E-state index is -1.85. The van der Waals surface area contributed by atoms with Crippen molar-refractivity contribution in [3.05, 3.63) is 39.7 Å².